The summed E-state index contributed by atoms with van der Waals surface area (Å²) < 4.78 is 5.44. The average Bonchev–Trinajstić information content (AvgIpc) is 3.02. The molecule has 2 aliphatic rings. The van der Waals surface area contributed by atoms with E-state index >= 15 is 0 Å². The Morgan fingerprint density at radius 2 is 2.29 bits per heavy atom. The van der Waals surface area contributed by atoms with Crippen molar-refractivity contribution in [1.29, 1.82) is 0 Å². The summed E-state index contributed by atoms with van der Waals surface area (Å²) >= 11 is 0. The predicted octanol–water partition coefficient (Wildman–Crippen LogP) is 0.868. The smallest absolute Gasteiger partial charge is 0.0695 e. The standard InChI is InChI=1S/C11H21NO2/c1-2-10-8-14-6-5-12(10)7-11(13)9-3-4-9/h9-11,13H,2-8H2,1H3. The zero-order valence-corrected chi connectivity index (χ0v) is 8.98. The van der Waals surface area contributed by atoms with Crippen molar-refractivity contribution in [2.24, 2.45) is 5.92 Å². The summed E-state index contributed by atoms with van der Waals surface area (Å²) in [6.07, 6.45) is 3.48. The van der Waals surface area contributed by atoms with Gasteiger partial charge in [0.1, 0.15) is 0 Å². The minimum absolute atomic E-state index is 0.0952. The van der Waals surface area contributed by atoms with Crippen LogP contribution in [-0.2, 0) is 4.74 Å². The van der Waals surface area contributed by atoms with Crippen LogP contribution in [0.2, 0.25) is 0 Å². The molecule has 0 amide bonds. The van der Waals surface area contributed by atoms with Crippen LogP contribution in [-0.4, -0.2) is 48.5 Å². The molecule has 1 aliphatic heterocycles. The molecule has 0 spiro atoms. The van der Waals surface area contributed by atoms with E-state index in [0.29, 0.717) is 12.0 Å². The topological polar surface area (TPSA) is 32.7 Å². The normalized spacial score (nSPS) is 31.7. The summed E-state index contributed by atoms with van der Waals surface area (Å²) in [6.45, 7) is 5.70. The Morgan fingerprint density at radius 1 is 1.50 bits per heavy atom. The van der Waals surface area contributed by atoms with Crippen molar-refractivity contribution in [2.75, 3.05) is 26.3 Å². The predicted molar refractivity (Wildman–Crippen MR) is 55.2 cm³/mol. The number of hydrogen-bond acceptors (Lipinski definition) is 3. The first-order valence-corrected chi connectivity index (χ1v) is 5.81. The Bertz CT molecular complexity index is 182. The van der Waals surface area contributed by atoms with Crippen LogP contribution >= 0.6 is 0 Å². The Labute approximate surface area is 86.0 Å². The molecule has 1 N–H and O–H groups in total. The summed E-state index contributed by atoms with van der Waals surface area (Å²) in [5.74, 6) is 0.593. The Hall–Kier alpha value is -0.120. The minimum atomic E-state index is -0.0952. The third kappa shape index (κ3) is 2.47. The zero-order chi connectivity index (χ0) is 9.97. The number of rotatable bonds is 4. The van der Waals surface area contributed by atoms with E-state index in [4.69, 9.17) is 4.74 Å². The first-order valence-electron chi connectivity index (χ1n) is 5.81. The van der Waals surface area contributed by atoms with Crippen LogP contribution in [0.3, 0.4) is 0 Å². The maximum absolute atomic E-state index is 9.87. The quantitative estimate of drug-likeness (QED) is 0.729. The van der Waals surface area contributed by atoms with Crippen LogP contribution in [0.5, 0.6) is 0 Å². The number of β-amino-alcohol motifs (C(OH)–C–C–N with tert-alkyl or cyclic N) is 1. The zero-order valence-electron chi connectivity index (χ0n) is 8.98. The molecule has 1 saturated heterocycles. The van der Waals surface area contributed by atoms with Crippen molar-refractivity contribution in [2.45, 2.75) is 38.3 Å². The Balaban J connectivity index is 1.80. The van der Waals surface area contributed by atoms with E-state index < -0.39 is 0 Å². The minimum Gasteiger partial charge on any atom is -0.392 e. The molecule has 3 nitrogen and oxygen atoms in total. The second kappa shape index (κ2) is 4.60. The molecule has 82 valence electrons. The second-order valence-corrected chi connectivity index (χ2v) is 4.54. The monoisotopic (exact) mass is 199 g/mol. The SMILES string of the molecule is CCC1COCCN1CC(O)C1CC1. The van der Waals surface area contributed by atoms with Gasteiger partial charge in [-0.1, -0.05) is 6.92 Å². The summed E-state index contributed by atoms with van der Waals surface area (Å²) in [5, 5.41) is 9.87. The van der Waals surface area contributed by atoms with Crippen molar-refractivity contribution in [3.63, 3.8) is 0 Å². The van der Waals surface area contributed by atoms with Crippen molar-refractivity contribution in [1.82, 2.24) is 4.90 Å². The molecule has 0 bridgehead atoms. The fourth-order valence-electron chi connectivity index (χ4n) is 2.18. The van der Waals surface area contributed by atoms with Gasteiger partial charge in [0.25, 0.3) is 0 Å². The lowest BCUT2D eigenvalue weighted by atomic mass is 10.1. The van der Waals surface area contributed by atoms with Crippen LogP contribution in [0, 0.1) is 5.92 Å². The Kier molecular flexibility index (Phi) is 3.42. The molecule has 0 aromatic heterocycles. The molecule has 0 radical (unpaired) electrons. The van der Waals surface area contributed by atoms with Crippen LogP contribution in [0.4, 0.5) is 0 Å². The molecule has 2 rings (SSSR count). The molecule has 2 atom stereocenters. The molecule has 1 heterocycles. The van der Waals surface area contributed by atoms with E-state index in [-0.39, 0.29) is 6.10 Å². The molecule has 0 aromatic rings. The number of aliphatic hydroxyl groups is 1. The van der Waals surface area contributed by atoms with Crippen LogP contribution in [0.25, 0.3) is 0 Å². The van der Waals surface area contributed by atoms with Gasteiger partial charge in [-0.2, -0.15) is 0 Å². The lowest BCUT2D eigenvalue weighted by Crippen LogP contribution is -2.48. The van der Waals surface area contributed by atoms with Crippen LogP contribution in [0.15, 0.2) is 0 Å². The molecule has 0 aromatic carbocycles. The van der Waals surface area contributed by atoms with Gasteiger partial charge in [0, 0.05) is 19.1 Å². The van der Waals surface area contributed by atoms with E-state index in [1.807, 2.05) is 0 Å². The van der Waals surface area contributed by atoms with E-state index in [2.05, 4.69) is 11.8 Å². The highest BCUT2D eigenvalue weighted by Gasteiger charge is 2.32. The number of nitrogens with zero attached hydrogens (tertiary/aromatic N) is 1. The number of ether oxygens (including phenoxy) is 1. The molecule has 2 unspecified atom stereocenters. The maximum atomic E-state index is 9.87. The van der Waals surface area contributed by atoms with Gasteiger partial charge < -0.3 is 9.84 Å². The van der Waals surface area contributed by atoms with Gasteiger partial charge in [-0.25, -0.2) is 0 Å². The van der Waals surface area contributed by atoms with Gasteiger partial charge in [-0.05, 0) is 25.2 Å². The summed E-state index contributed by atoms with van der Waals surface area (Å²) in [7, 11) is 0. The number of aliphatic hydroxyl groups excluding tert-OH is 1. The van der Waals surface area contributed by atoms with Gasteiger partial charge in [-0.3, -0.25) is 4.90 Å². The van der Waals surface area contributed by atoms with Gasteiger partial charge in [0.05, 0.1) is 19.3 Å². The first-order chi connectivity index (χ1) is 6.81. The highest BCUT2D eigenvalue weighted by molar-refractivity contribution is 4.85. The van der Waals surface area contributed by atoms with E-state index in [9.17, 15) is 5.11 Å². The fraction of sp³-hybridized carbons (Fsp3) is 1.00. The van der Waals surface area contributed by atoms with Crippen molar-refractivity contribution in [3.8, 4) is 0 Å². The van der Waals surface area contributed by atoms with E-state index in [0.717, 1.165) is 32.7 Å². The van der Waals surface area contributed by atoms with Gasteiger partial charge in [0.15, 0.2) is 0 Å². The van der Waals surface area contributed by atoms with Crippen molar-refractivity contribution >= 4 is 0 Å². The highest BCUT2D eigenvalue weighted by Crippen LogP contribution is 2.33. The van der Waals surface area contributed by atoms with Gasteiger partial charge in [0.2, 0.25) is 0 Å². The van der Waals surface area contributed by atoms with E-state index in [1.165, 1.54) is 12.8 Å². The number of morpholine rings is 1. The van der Waals surface area contributed by atoms with Gasteiger partial charge in [-0.15, -0.1) is 0 Å². The molecular weight excluding hydrogens is 178 g/mol. The Morgan fingerprint density at radius 3 is 2.93 bits per heavy atom. The second-order valence-electron chi connectivity index (χ2n) is 4.54. The van der Waals surface area contributed by atoms with E-state index in [1.54, 1.807) is 0 Å². The summed E-state index contributed by atoms with van der Waals surface area (Å²) in [4.78, 5) is 2.40. The molecule has 1 saturated carbocycles. The third-order valence-corrected chi connectivity index (χ3v) is 3.41. The summed E-state index contributed by atoms with van der Waals surface area (Å²) in [5.41, 5.74) is 0. The largest absolute Gasteiger partial charge is 0.392 e. The molecular formula is C11H21NO2. The fourth-order valence-corrected chi connectivity index (χ4v) is 2.18. The molecule has 1 aliphatic carbocycles. The average molecular weight is 199 g/mol. The third-order valence-electron chi connectivity index (χ3n) is 3.41. The number of hydrogen-bond donors (Lipinski definition) is 1. The maximum Gasteiger partial charge on any atom is 0.0695 e. The van der Waals surface area contributed by atoms with Crippen LogP contribution in [0.1, 0.15) is 26.2 Å². The lowest BCUT2D eigenvalue weighted by Gasteiger charge is -2.36. The van der Waals surface area contributed by atoms with Gasteiger partial charge >= 0.3 is 0 Å². The van der Waals surface area contributed by atoms with Crippen molar-refractivity contribution < 1.29 is 9.84 Å². The van der Waals surface area contributed by atoms with Crippen LogP contribution < -0.4 is 0 Å². The first kappa shape index (κ1) is 10.4. The summed E-state index contributed by atoms with van der Waals surface area (Å²) in [6, 6.07) is 0.525. The highest BCUT2D eigenvalue weighted by atomic mass is 16.5. The lowest BCUT2D eigenvalue weighted by molar-refractivity contribution is -0.0303. The molecule has 14 heavy (non-hydrogen) atoms. The molecule has 3 heteroatoms. The molecule has 2 fully saturated rings. The van der Waals surface area contributed by atoms with Crippen molar-refractivity contribution in [3.05, 3.63) is 0 Å².